The number of para-hydroxylation sites is 1. The van der Waals surface area contributed by atoms with Crippen molar-refractivity contribution in [3.63, 3.8) is 0 Å². The van der Waals surface area contributed by atoms with E-state index in [-0.39, 0.29) is 0 Å². The van der Waals surface area contributed by atoms with Gasteiger partial charge in [-0.05, 0) is 23.8 Å². The van der Waals surface area contributed by atoms with E-state index in [0.29, 0.717) is 6.54 Å². The lowest BCUT2D eigenvalue weighted by Gasteiger charge is -2.08. The molecule has 0 bridgehead atoms. The molecule has 108 valence electrons. The van der Waals surface area contributed by atoms with Crippen LogP contribution in [0.5, 0.6) is 5.75 Å². The normalized spacial score (nSPS) is 11.0. The molecule has 21 heavy (non-hydrogen) atoms. The van der Waals surface area contributed by atoms with Gasteiger partial charge in [0, 0.05) is 28.8 Å². The Balaban J connectivity index is 1.75. The summed E-state index contributed by atoms with van der Waals surface area (Å²) in [6, 6.07) is 16.7. The Bertz CT molecular complexity index is 718. The van der Waals surface area contributed by atoms with Crippen LogP contribution >= 0.6 is 11.8 Å². The molecule has 1 heterocycles. The quantitative estimate of drug-likeness (QED) is 0.702. The average Bonchev–Trinajstić information content (AvgIpc) is 2.95. The van der Waals surface area contributed by atoms with Crippen LogP contribution in [0.15, 0.2) is 53.6 Å². The van der Waals surface area contributed by atoms with Crippen molar-refractivity contribution < 1.29 is 4.74 Å². The largest absolute Gasteiger partial charge is 0.496 e. The number of methoxy groups -OCH3 is 1. The van der Waals surface area contributed by atoms with Gasteiger partial charge < -0.3 is 15.5 Å². The second-order valence-electron chi connectivity index (χ2n) is 4.86. The first-order chi connectivity index (χ1) is 10.3. The topological polar surface area (TPSA) is 51.0 Å². The third kappa shape index (κ3) is 3.06. The van der Waals surface area contributed by atoms with E-state index in [1.165, 1.54) is 21.5 Å². The lowest BCUT2D eigenvalue weighted by molar-refractivity contribution is 0.409. The predicted octanol–water partition coefficient (Wildman–Crippen LogP) is 3.93. The molecule has 2 aromatic carbocycles. The lowest BCUT2D eigenvalue weighted by Crippen LogP contribution is -2.00. The van der Waals surface area contributed by atoms with Crippen LogP contribution in [-0.2, 0) is 12.3 Å². The third-order valence-electron chi connectivity index (χ3n) is 3.47. The molecule has 3 rings (SSSR count). The lowest BCUT2D eigenvalue weighted by atomic mass is 10.1. The zero-order chi connectivity index (χ0) is 14.7. The summed E-state index contributed by atoms with van der Waals surface area (Å²) in [7, 11) is 1.68. The van der Waals surface area contributed by atoms with E-state index in [2.05, 4.69) is 41.4 Å². The number of benzene rings is 2. The molecule has 0 aliphatic carbocycles. The van der Waals surface area contributed by atoms with Crippen LogP contribution in [0.2, 0.25) is 0 Å². The Labute approximate surface area is 128 Å². The highest BCUT2D eigenvalue weighted by atomic mass is 32.2. The molecular formula is C17H18N2OS. The number of H-pyrrole nitrogens is 1. The number of thioether (sulfide) groups is 1. The molecule has 3 aromatic rings. The molecule has 0 fully saturated rings. The maximum absolute atomic E-state index is 5.69. The standard InChI is InChI=1S/C17H18N2OS/c1-20-16-8-12(6-7-14(16)10-18)11-21-17-9-13-4-2-3-5-15(13)19-17/h2-9,19H,10-11,18H2,1H3. The predicted molar refractivity (Wildman–Crippen MR) is 88.7 cm³/mol. The summed E-state index contributed by atoms with van der Waals surface area (Å²) >= 11 is 1.79. The molecule has 0 amide bonds. The van der Waals surface area contributed by atoms with Gasteiger partial charge in [0.1, 0.15) is 5.75 Å². The van der Waals surface area contributed by atoms with Crippen LogP contribution in [0.3, 0.4) is 0 Å². The number of hydrogen-bond donors (Lipinski definition) is 2. The Kier molecular flexibility index (Phi) is 4.18. The van der Waals surface area contributed by atoms with E-state index in [9.17, 15) is 0 Å². The highest BCUT2D eigenvalue weighted by Crippen LogP contribution is 2.28. The van der Waals surface area contributed by atoms with Gasteiger partial charge in [-0.1, -0.05) is 30.3 Å². The molecule has 0 saturated carbocycles. The Morgan fingerprint density at radius 3 is 2.76 bits per heavy atom. The van der Waals surface area contributed by atoms with Gasteiger partial charge in [-0.15, -0.1) is 11.8 Å². The van der Waals surface area contributed by atoms with Gasteiger partial charge in [0.15, 0.2) is 0 Å². The summed E-state index contributed by atoms with van der Waals surface area (Å²) in [4.78, 5) is 3.43. The first-order valence-electron chi connectivity index (χ1n) is 6.86. The highest BCUT2D eigenvalue weighted by molar-refractivity contribution is 7.98. The SMILES string of the molecule is COc1cc(CSc2cc3ccccc3[nH]2)ccc1CN. The van der Waals surface area contributed by atoms with Gasteiger partial charge in [0.25, 0.3) is 0 Å². The molecule has 4 heteroatoms. The monoisotopic (exact) mass is 298 g/mol. The van der Waals surface area contributed by atoms with Crippen LogP contribution < -0.4 is 10.5 Å². The van der Waals surface area contributed by atoms with Crippen molar-refractivity contribution in [1.82, 2.24) is 4.98 Å². The number of nitrogens with two attached hydrogens (primary N) is 1. The first kappa shape index (κ1) is 14.0. The summed E-state index contributed by atoms with van der Waals surface area (Å²) in [5.74, 6) is 1.76. The average molecular weight is 298 g/mol. The molecule has 3 N–H and O–H groups in total. The molecule has 0 aliphatic heterocycles. The Hall–Kier alpha value is -1.91. The van der Waals surface area contributed by atoms with Crippen molar-refractivity contribution in [3.8, 4) is 5.75 Å². The van der Waals surface area contributed by atoms with E-state index in [1.54, 1.807) is 18.9 Å². The fraction of sp³-hybridized carbons (Fsp3) is 0.176. The minimum atomic E-state index is 0.499. The molecule has 0 aliphatic rings. The van der Waals surface area contributed by atoms with Crippen molar-refractivity contribution in [2.24, 2.45) is 5.73 Å². The molecule has 0 spiro atoms. The van der Waals surface area contributed by atoms with Crippen LogP contribution in [-0.4, -0.2) is 12.1 Å². The van der Waals surface area contributed by atoms with Gasteiger partial charge in [-0.25, -0.2) is 0 Å². The van der Waals surface area contributed by atoms with Gasteiger partial charge in [-0.3, -0.25) is 0 Å². The number of rotatable bonds is 5. The summed E-state index contributed by atoms with van der Waals surface area (Å²) in [5.41, 5.74) is 9.14. The zero-order valence-corrected chi connectivity index (χ0v) is 12.7. The maximum Gasteiger partial charge on any atom is 0.123 e. The number of nitrogens with one attached hydrogen (secondary N) is 1. The molecule has 1 aromatic heterocycles. The summed E-state index contributed by atoms with van der Waals surface area (Å²) in [6.45, 7) is 0.499. The molecular weight excluding hydrogens is 280 g/mol. The van der Waals surface area contributed by atoms with Gasteiger partial charge >= 0.3 is 0 Å². The van der Waals surface area contributed by atoms with Crippen molar-refractivity contribution in [1.29, 1.82) is 0 Å². The fourth-order valence-electron chi connectivity index (χ4n) is 2.33. The van der Waals surface area contributed by atoms with Crippen LogP contribution in [0.4, 0.5) is 0 Å². The summed E-state index contributed by atoms with van der Waals surface area (Å²) in [6.07, 6.45) is 0. The van der Waals surface area contributed by atoms with E-state index >= 15 is 0 Å². The minimum Gasteiger partial charge on any atom is -0.496 e. The molecule has 3 nitrogen and oxygen atoms in total. The van der Waals surface area contributed by atoms with Crippen molar-refractivity contribution in [3.05, 3.63) is 59.7 Å². The van der Waals surface area contributed by atoms with Gasteiger partial charge in [0.05, 0.1) is 12.1 Å². The summed E-state index contributed by atoms with van der Waals surface area (Å²) < 4.78 is 5.38. The van der Waals surface area contributed by atoms with E-state index in [0.717, 1.165) is 17.1 Å². The Morgan fingerprint density at radius 2 is 2.00 bits per heavy atom. The van der Waals surface area contributed by atoms with Gasteiger partial charge in [-0.2, -0.15) is 0 Å². The summed E-state index contributed by atoms with van der Waals surface area (Å²) in [5, 5.41) is 2.43. The fourth-order valence-corrected chi connectivity index (χ4v) is 3.23. The zero-order valence-electron chi connectivity index (χ0n) is 11.9. The van der Waals surface area contributed by atoms with Crippen molar-refractivity contribution >= 4 is 22.7 Å². The van der Waals surface area contributed by atoms with Crippen molar-refractivity contribution in [2.45, 2.75) is 17.3 Å². The third-order valence-corrected chi connectivity index (χ3v) is 4.48. The van der Waals surface area contributed by atoms with Gasteiger partial charge in [0.2, 0.25) is 0 Å². The highest BCUT2D eigenvalue weighted by Gasteiger charge is 2.05. The second kappa shape index (κ2) is 6.24. The van der Waals surface area contributed by atoms with Crippen LogP contribution in [0.25, 0.3) is 10.9 Å². The van der Waals surface area contributed by atoms with Crippen LogP contribution in [0.1, 0.15) is 11.1 Å². The number of aromatic nitrogens is 1. The first-order valence-corrected chi connectivity index (χ1v) is 7.85. The number of fused-ring (bicyclic) bond motifs is 1. The molecule has 0 unspecified atom stereocenters. The second-order valence-corrected chi connectivity index (χ2v) is 5.88. The number of aromatic amines is 1. The van der Waals surface area contributed by atoms with Crippen LogP contribution in [0, 0.1) is 0 Å². The molecule has 0 radical (unpaired) electrons. The minimum absolute atomic E-state index is 0.499. The van der Waals surface area contributed by atoms with E-state index in [4.69, 9.17) is 10.5 Å². The Morgan fingerprint density at radius 1 is 1.14 bits per heavy atom. The van der Waals surface area contributed by atoms with Crippen molar-refractivity contribution in [2.75, 3.05) is 7.11 Å². The maximum atomic E-state index is 5.69. The molecule has 0 saturated heterocycles. The molecule has 0 atom stereocenters. The number of ether oxygens (including phenoxy) is 1. The number of hydrogen-bond acceptors (Lipinski definition) is 3. The smallest absolute Gasteiger partial charge is 0.123 e. The van der Waals surface area contributed by atoms with E-state index in [1.807, 2.05) is 12.1 Å². The van der Waals surface area contributed by atoms with E-state index < -0.39 is 0 Å².